The van der Waals surface area contributed by atoms with E-state index in [0.29, 0.717) is 22.0 Å². The average Bonchev–Trinajstić information content (AvgIpc) is 3.19. The summed E-state index contributed by atoms with van der Waals surface area (Å²) in [4.78, 5) is 19.3. The van der Waals surface area contributed by atoms with Crippen molar-refractivity contribution in [2.45, 2.75) is 18.5 Å². The summed E-state index contributed by atoms with van der Waals surface area (Å²) in [7, 11) is 0. The molecule has 2 heterocycles. The lowest BCUT2D eigenvalue weighted by Gasteiger charge is -2.25. The van der Waals surface area contributed by atoms with Gasteiger partial charge in [0.2, 0.25) is 0 Å². The number of benzene rings is 1. The summed E-state index contributed by atoms with van der Waals surface area (Å²) in [5.41, 5.74) is 7.62. The quantitative estimate of drug-likeness (QED) is 0.768. The van der Waals surface area contributed by atoms with Gasteiger partial charge in [0, 0.05) is 12.3 Å². The van der Waals surface area contributed by atoms with Gasteiger partial charge >= 0.3 is 6.18 Å². The summed E-state index contributed by atoms with van der Waals surface area (Å²) in [6, 6.07) is 4.76. The molecule has 1 unspecified atom stereocenters. The Kier molecular flexibility index (Phi) is 5.08. The van der Waals surface area contributed by atoms with Gasteiger partial charge in [-0.25, -0.2) is 4.98 Å². The molecular formula is C16H15F3N3OS2-. The number of carbonyl (C=O) groups is 1. The molecule has 1 N–H and O–H groups in total. The molecule has 4 nitrogen and oxygen atoms in total. The Labute approximate surface area is 151 Å². The summed E-state index contributed by atoms with van der Waals surface area (Å²) in [5, 5.41) is 0.475. The highest BCUT2D eigenvalue weighted by atomic mass is 32.2. The number of hydrogen-bond donors (Lipinski definition) is 0. The van der Waals surface area contributed by atoms with Crippen molar-refractivity contribution in [2.24, 2.45) is 0 Å². The van der Waals surface area contributed by atoms with E-state index in [4.69, 9.17) is 5.73 Å². The number of alkyl halides is 3. The topological polar surface area (TPSA) is 57.0 Å². The first-order valence-corrected chi connectivity index (χ1v) is 9.40. The zero-order chi connectivity index (χ0) is 18.2. The Bertz CT molecular complexity index is 774. The number of rotatable bonds is 3. The van der Waals surface area contributed by atoms with Crippen molar-refractivity contribution >= 4 is 29.0 Å². The van der Waals surface area contributed by atoms with Crippen LogP contribution in [-0.2, 0) is 6.18 Å². The van der Waals surface area contributed by atoms with Crippen LogP contribution in [0.4, 0.5) is 13.2 Å². The van der Waals surface area contributed by atoms with Crippen LogP contribution in [0.3, 0.4) is 0 Å². The SMILES string of the molecule is Cc1nc(C(=O)N2CCSC2C[NH-])c(-c2ccc(C(F)(F)F)cc2)s1. The predicted molar refractivity (Wildman–Crippen MR) is 93.8 cm³/mol. The Hall–Kier alpha value is -1.58. The molecule has 1 aliphatic heterocycles. The number of halogens is 3. The Balaban J connectivity index is 1.95. The fourth-order valence-electron chi connectivity index (χ4n) is 2.64. The Morgan fingerprint density at radius 3 is 2.64 bits per heavy atom. The van der Waals surface area contributed by atoms with E-state index in [1.807, 2.05) is 0 Å². The molecule has 9 heteroatoms. The van der Waals surface area contributed by atoms with Gasteiger partial charge in [0.15, 0.2) is 0 Å². The zero-order valence-electron chi connectivity index (χ0n) is 13.3. The van der Waals surface area contributed by atoms with E-state index in [1.54, 1.807) is 23.6 Å². The highest BCUT2D eigenvalue weighted by Gasteiger charge is 2.32. The van der Waals surface area contributed by atoms with Crippen molar-refractivity contribution in [1.82, 2.24) is 9.88 Å². The Morgan fingerprint density at radius 2 is 2.04 bits per heavy atom. The summed E-state index contributed by atoms with van der Waals surface area (Å²) in [5.74, 6) is 0.509. The molecule has 0 spiro atoms. The lowest BCUT2D eigenvalue weighted by atomic mass is 10.1. The first kappa shape index (κ1) is 18.2. The van der Waals surface area contributed by atoms with Gasteiger partial charge < -0.3 is 10.6 Å². The van der Waals surface area contributed by atoms with Crippen molar-refractivity contribution in [1.29, 1.82) is 0 Å². The number of thiazole rings is 1. The number of aryl methyl sites for hydroxylation is 1. The van der Waals surface area contributed by atoms with Gasteiger partial charge in [0.1, 0.15) is 5.69 Å². The van der Waals surface area contributed by atoms with Crippen LogP contribution in [0.25, 0.3) is 16.2 Å². The van der Waals surface area contributed by atoms with Gasteiger partial charge in [0.25, 0.3) is 5.91 Å². The van der Waals surface area contributed by atoms with Crippen molar-refractivity contribution in [3.63, 3.8) is 0 Å². The molecule has 1 aliphatic rings. The van der Waals surface area contributed by atoms with E-state index in [0.717, 1.165) is 17.9 Å². The second-order valence-corrected chi connectivity index (χ2v) is 8.00. The van der Waals surface area contributed by atoms with Gasteiger partial charge in [-0.15, -0.1) is 29.6 Å². The van der Waals surface area contributed by atoms with Crippen LogP contribution in [0.1, 0.15) is 21.1 Å². The van der Waals surface area contributed by atoms with Crippen LogP contribution >= 0.6 is 23.1 Å². The van der Waals surface area contributed by atoms with Crippen molar-refractivity contribution in [2.75, 3.05) is 18.8 Å². The number of carbonyl (C=O) groups excluding carboxylic acids is 1. The molecule has 1 fully saturated rings. The summed E-state index contributed by atoms with van der Waals surface area (Å²) in [6.45, 7) is 2.42. The number of nitrogens with zero attached hydrogens (tertiary/aromatic N) is 2. The summed E-state index contributed by atoms with van der Waals surface area (Å²) >= 11 is 2.84. The molecule has 2 aromatic rings. The molecule has 3 rings (SSSR count). The van der Waals surface area contributed by atoms with Crippen LogP contribution in [0.15, 0.2) is 24.3 Å². The first-order chi connectivity index (χ1) is 11.8. The minimum Gasteiger partial charge on any atom is -0.675 e. The second kappa shape index (κ2) is 6.97. The maximum atomic E-state index is 12.8. The molecule has 1 saturated heterocycles. The third-order valence-corrected chi connectivity index (χ3v) is 6.08. The largest absolute Gasteiger partial charge is 0.675 e. The van der Waals surface area contributed by atoms with Crippen LogP contribution in [0, 0.1) is 6.92 Å². The molecule has 1 aromatic carbocycles. The third-order valence-electron chi connectivity index (χ3n) is 3.84. The van der Waals surface area contributed by atoms with Crippen molar-refractivity contribution in [3.8, 4) is 10.4 Å². The Morgan fingerprint density at radius 1 is 1.36 bits per heavy atom. The lowest BCUT2D eigenvalue weighted by Crippen LogP contribution is -2.36. The molecule has 0 bridgehead atoms. The fourth-order valence-corrected chi connectivity index (χ4v) is 4.63. The molecular weight excluding hydrogens is 371 g/mol. The fraction of sp³-hybridized carbons (Fsp3) is 0.375. The number of amides is 1. The third kappa shape index (κ3) is 3.68. The standard InChI is InChI=1S/C16H15F3N3OS2/c1-9-21-13(15(23)22-6-7-24-12(22)8-20)14(25-9)10-2-4-11(5-3-10)16(17,18)19/h2-5,12,20H,6-8H2,1H3/q-1. The van der Waals surface area contributed by atoms with E-state index in [9.17, 15) is 18.0 Å². The van der Waals surface area contributed by atoms with Crippen molar-refractivity contribution < 1.29 is 18.0 Å². The van der Waals surface area contributed by atoms with Crippen LogP contribution in [0.5, 0.6) is 0 Å². The normalized spacial score (nSPS) is 18.0. The molecule has 1 atom stereocenters. The van der Waals surface area contributed by atoms with Gasteiger partial charge in [0.05, 0.1) is 20.8 Å². The molecule has 134 valence electrons. The molecule has 0 aliphatic carbocycles. The number of aromatic nitrogens is 1. The molecule has 1 aromatic heterocycles. The van der Waals surface area contributed by atoms with Gasteiger partial charge in [-0.05, 0) is 24.6 Å². The zero-order valence-corrected chi connectivity index (χ0v) is 14.9. The first-order valence-electron chi connectivity index (χ1n) is 7.53. The highest BCUT2D eigenvalue weighted by molar-refractivity contribution is 8.00. The van der Waals surface area contributed by atoms with Crippen LogP contribution in [-0.4, -0.2) is 40.0 Å². The maximum absolute atomic E-state index is 12.8. The predicted octanol–water partition coefficient (Wildman–Crippen LogP) is 4.70. The van der Waals surface area contributed by atoms with Crippen molar-refractivity contribution in [3.05, 3.63) is 46.3 Å². The lowest BCUT2D eigenvalue weighted by molar-refractivity contribution is -0.137. The number of hydrogen-bond acceptors (Lipinski definition) is 4. The van der Waals surface area contributed by atoms with Crippen LogP contribution in [0.2, 0.25) is 0 Å². The van der Waals surface area contributed by atoms with Crippen LogP contribution < -0.4 is 0 Å². The minimum atomic E-state index is -4.39. The monoisotopic (exact) mass is 386 g/mol. The molecule has 25 heavy (non-hydrogen) atoms. The summed E-state index contributed by atoms with van der Waals surface area (Å²) < 4.78 is 38.2. The van der Waals surface area contributed by atoms with E-state index in [1.165, 1.54) is 23.5 Å². The molecule has 1 amide bonds. The van der Waals surface area contributed by atoms with E-state index < -0.39 is 11.7 Å². The van der Waals surface area contributed by atoms with E-state index in [2.05, 4.69) is 4.98 Å². The molecule has 0 saturated carbocycles. The number of nitrogens with one attached hydrogen (secondary N) is 1. The van der Waals surface area contributed by atoms with Gasteiger partial charge in [-0.3, -0.25) is 4.79 Å². The van der Waals surface area contributed by atoms with Gasteiger partial charge in [-0.1, -0.05) is 12.1 Å². The number of thioether (sulfide) groups is 1. The van der Waals surface area contributed by atoms with E-state index in [-0.39, 0.29) is 23.5 Å². The average molecular weight is 386 g/mol. The second-order valence-electron chi connectivity index (χ2n) is 5.51. The van der Waals surface area contributed by atoms with Gasteiger partial charge in [-0.2, -0.15) is 13.2 Å². The smallest absolute Gasteiger partial charge is 0.416 e. The highest BCUT2D eigenvalue weighted by Crippen LogP contribution is 2.36. The molecule has 0 radical (unpaired) electrons. The maximum Gasteiger partial charge on any atom is 0.416 e. The van der Waals surface area contributed by atoms with E-state index >= 15 is 0 Å². The summed E-state index contributed by atoms with van der Waals surface area (Å²) in [6.07, 6.45) is -4.39. The minimum absolute atomic E-state index is 0.106.